The first-order valence-corrected chi connectivity index (χ1v) is 7.57. The molecule has 1 heterocycles. The summed E-state index contributed by atoms with van der Waals surface area (Å²) in [6, 6.07) is 9.01. The number of carbonyl (C=O) groups excluding carboxylic acids is 1. The number of nitrogens with one attached hydrogen (secondary N) is 2. The molecule has 116 valence electrons. The van der Waals surface area contributed by atoms with Crippen LogP contribution in [0.5, 0.6) is 0 Å². The van der Waals surface area contributed by atoms with Crippen LogP contribution in [0.15, 0.2) is 50.6 Å². The van der Waals surface area contributed by atoms with Gasteiger partial charge in [0, 0.05) is 22.8 Å². The highest BCUT2D eigenvalue weighted by molar-refractivity contribution is 9.10. The van der Waals surface area contributed by atoms with E-state index >= 15 is 0 Å². The molecule has 1 aromatic heterocycles. The van der Waals surface area contributed by atoms with Crippen molar-refractivity contribution in [3.63, 3.8) is 0 Å². The average Bonchev–Trinajstić information content (AvgIpc) is 2.44. The van der Waals surface area contributed by atoms with Crippen molar-refractivity contribution in [1.29, 1.82) is 0 Å². The summed E-state index contributed by atoms with van der Waals surface area (Å²) in [6.07, 6.45) is 2.00. The van der Waals surface area contributed by atoms with Gasteiger partial charge < -0.3 is 5.32 Å². The fraction of sp³-hybridized carbons (Fsp3) is 0.267. The van der Waals surface area contributed by atoms with Gasteiger partial charge in [-0.2, -0.15) is 0 Å². The highest BCUT2D eigenvalue weighted by atomic mass is 79.9. The first-order chi connectivity index (χ1) is 10.4. The Hall–Kier alpha value is -2.15. The summed E-state index contributed by atoms with van der Waals surface area (Å²) < 4.78 is 2.16. The van der Waals surface area contributed by atoms with Gasteiger partial charge in [-0.15, -0.1) is 0 Å². The number of H-pyrrole nitrogens is 1. The highest BCUT2D eigenvalue weighted by Gasteiger charge is 2.09. The molecule has 0 saturated heterocycles. The normalized spacial score (nSPS) is 11.9. The zero-order valence-electron chi connectivity index (χ0n) is 12.0. The third-order valence-electron chi connectivity index (χ3n) is 3.07. The van der Waals surface area contributed by atoms with Gasteiger partial charge in [-0.05, 0) is 31.0 Å². The zero-order chi connectivity index (χ0) is 16.1. The molecule has 1 atom stereocenters. The van der Waals surface area contributed by atoms with Gasteiger partial charge in [0.05, 0.1) is 0 Å². The van der Waals surface area contributed by atoms with E-state index in [1.807, 2.05) is 31.2 Å². The molecule has 6 nitrogen and oxygen atoms in total. The summed E-state index contributed by atoms with van der Waals surface area (Å²) in [7, 11) is 0. The van der Waals surface area contributed by atoms with E-state index < -0.39 is 11.2 Å². The van der Waals surface area contributed by atoms with E-state index in [0.29, 0.717) is 6.42 Å². The Morgan fingerprint density at radius 1 is 1.27 bits per heavy atom. The number of rotatable bonds is 5. The molecule has 7 heteroatoms. The van der Waals surface area contributed by atoms with Crippen molar-refractivity contribution in [3.05, 3.63) is 67.4 Å². The number of hydrogen-bond donors (Lipinski definition) is 2. The number of aromatic nitrogens is 2. The summed E-state index contributed by atoms with van der Waals surface area (Å²) in [5.41, 5.74) is 0.0330. The number of amides is 1. The summed E-state index contributed by atoms with van der Waals surface area (Å²) in [5.74, 6) is -0.279. The fourth-order valence-electron chi connectivity index (χ4n) is 2.07. The van der Waals surface area contributed by atoms with Gasteiger partial charge in [0.15, 0.2) is 0 Å². The molecule has 2 rings (SSSR count). The van der Waals surface area contributed by atoms with Crippen LogP contribution in [0.2, 0.25) is 0 Å². The monoisotopic (exact) mass is 365 g/mol. The summed E-state index contributed by atoms with van der Waals surface area (Å²) in [6.45, 7) is 1.77. The Morgan fingerprint density at radius 2 is 1.95 bits per heavy atom. The molecule has 0 saturated carbocycles. The highest BCUT2D eigenvalue weighted by Crippen LogP contribution is 2.11. The standard InChI is InChI=1S/C15H16BrN3O3/c1-10(8-11-2-4-12(16)5-3-11)17-14(21)9-19-7-6-13(20)18-15(19)22/h2-7,10H,8-9H2,1H3,(H,17,21)(H,18,20,22). The Bertz CT molecular complexity index is 765. The van der Waals surface area contributed by atoms with Gasteiger partial charge in [0.2, 0.25) is 5.91 Å². The molecule has 0 bridgehead atoms. The number of carbonyl (C=O) groups is 1. The molecule has 2 aromatic rings. The molecule has 0 aliphatic carbocycles. The molecule has 0 radical (unpaired) electrons. The Balaban J connectivity index is 1.92. The summed E-state index contributed by atoms with van der Waals surface area (Å²) in [4.78, 5) is 36.5. The van der Waals surface area contributed by atoms with E-state index in [0.717, 1.165) is 14.6 Å². The van der Waals surface area contributed by atoms with Crippen LogP contribution < -0.4 is 16.6 Å². The number of hydrogen-bond acceptors (Lipinski definition) is 3. The number of nitrogens with zero attached hydrogens (tertiary/aromatic N) is 1. The predicted octanol–water partition coefficient (Wildman–Crippen LogP) is 1.05. The van der Waals surface area contributed by atoms with E-state index in [1.165, 1.54) is 12.3 Å². The molecule has 0 aliphatic rings. The minimum atomic E-state index is -0.594. The molecule has 22 heavy (non-hydrogen) atoms. The van der Waals surface area contributed by atoms with Gasteiger partial charge in [-0.1, -0.05) is 28.1 Å². The molecule has 0 aliphatic heterocycles. The number of halogens is 1. The lowest BCUT2D eigenvalue weighted by molar-refractivity contribution is -0.122. The van der Waals surface area contributed by atoms with Crippen LogP contribution in [0, 0.1) is 0 Å². The Kier molecular flexibility index (Phi) is 5.32. The Morgan fingerprint density at radius 3 is 2.59 bits per heavy atom. The van der Waals surface area contributed by atoms with E-state index in [9.17, 15) is 14.4 Å². The third kappa shape index (κ3) is 4.70. The van der Waals surface area contributed by atoms with Crippen molar-refractivity contribution in [3.8, 4) is 0 Å². The van der Waals surface area contributed by atoms with Crippen molar-refractivity contribution < 1.29 is 4.79 Å². The van der Waals surface area contributed by atoms with Crippen LogP contribution >= 0.6 is 15.9 Å². The fourth-order valence-corrected chi connectivity index (χ4v) is 2.33. The quantitative estimate of drug-likeness (QED) is 0.830. The Labute approximate surface area is 135 Å². The smallest absolute Gasteiger partial charge is 0.328 e. The molecular weight excluding hydrogens is 350 g/mol. The predicted molar refractivity (Wildman–Crippen MR) is 86.8 cm³/mol. The summed E-state index contributed by atoms with van der Waals surface area (Å²) >= 11 is 3.37. The van der Waals surface area contributed by atoms with Crippen LogP contribution in [0.3, 0.4) is 0 Å². The summed E-state index contributed by atoms with van der Waals surface area (Å²) in [5, 5.41) is 2.83. The molecule has 1 amide bonds. The molecule has 0 spiro atoms. The largest absolute Gasteiger partial charge is 0.352 e. The van der Waals surface area contributed by atoms with E-state index in [4.69, 9.17) is 0 Å². The van der Waals surface area contributed by atoms with Crippen molar-refractivity contribution >= 4 is 21.8 Å². The van der Waals surface area contributed by atoms with Crippen molar-refractivity contribution in [2.24, 2.45) is 0 Å². The molecule has 2 N–H and O–H groups in total. The van der Waals surface area contributed by atoms with Crippen LogP contribution in [-0.2, 0) is 17.8 Å². The van der Waals surface area contributed by atoms with Crippen LogP contribution in [-0.4, -0.2) is 21.5 Å². The lowest BCUT2D eigenvalue weighted by Crippen LogP contribution is -2.39. The second kappa shape index (κ2) is 7.22. The van der Waals surface area contributed by atoms with Crippen LogP contribution in [0.1, 0.15) is 12.5 Å². The topological polar surface area (TPSA) is 84.0 Å². The van der Waals surface area contributed by atoms with Crippen molar-refractivity contribution in [2.45, 2.75) is 25.9 Å². The number of aromatic amines is 1. The molecular formula is C15H16BrN3O3. The van der Waals surface area contributed by atoms with Gasteiger partial charge in [0.1, 0.15) is 6.54 Å². The maximum atomic E-state index is 11.9. The maximum absolute atomic E-state index is 11.9. The van der Waals surface area contributed by atoms with Crippen LogP contribution in [0.4, 0.5) is 0 Å². The SMILES string of the molecule is CC(Cc1ccc(Br)cc1)NC(=O)Cn1ccc(=O)[nH]c1=O. The average molecular weight is 366 g/mol. The van der Waals surface area contributed by atoms with Crippen molar-refractivity contribution in [2.75, 3.05) is 0 Å². The van der Waals surface area contributed by atoms with Gasteiger partial charge in [-0.25, -0.2) is 4.79 Å². The number of benzene rings is 1. The van der Waals surface area contributed by atoms with E-state index in [2.05, 4.69) is 26.2 Å². The first-order valence-electron chi connectivity index (χ1n) is 6.77. The van der Waals surface area contributed by atoms with Crippen LogP contribution in [0.25, 0.3) is 0 Å². The van der Waals surface area contributed by atoms with Crippen molar-refractivity contribution in [1.82, 2.24) is 14.9 Å². The lowest BCUT2D eigenvalue weighted by atomic mass is 10.1. The van der Waals surface area contributed by atoms with Gasteiger partial charge in [0.25, 0.3) is 5.56 Å². The van der Waals surface area contributed by atoms with E-state index in [-0.39, 0.29) is 18.5 Å². The molecule has 0 fully saturated rings. The second-order valence-electron chi connectivity index (χ2n) is 5.04. The minimum Gasteiger partial charge on any atom is -0.352 e. The van der Waals surface area contributed by atoms with E-state index in [1.54, 1.807) is 0 Å². The van der Waals surface area contributed by atoms with Gasteiger partial charge in [-0.3, -0.25) is 19.1 Å². The minimum absolute atomic E-state index is 0.0628. The zero-order valence-corrected chi connectivity index (χ0v) is 13.6. The third-order valence-corrected chi connectivity index (χ3v) is 3.60. The first kappa shape index (κ1) is 16.2. The second-order valence-corrected chi connectivity index (χ2v) is 5.95. The lowest BCUT2D eigenvalue weighted by Gasteiger charge is -2.14. The molecule has 1 aromatic carbocycles. The maximum Gasteiger partial charge on any atom is 0.328 e. The molecule has 1 unspecified atom stereocenters. The van der Waals surface area contributed by atoms with Gasteiger partial charge >= 0.3 is 5.69 Å².